The van der Waals surface area contributed by atoms with Crippen molar-refractivity contribution in [3.63, 3.8) is 0 Å². The normalized spacial score (nSPS) is 15.8. The van der Waals surface area contributed by atoms with E-state index in [0.717, 1.165) is 61.0 Å². The van der Waals surface area contributed by atoms with Crippen LogP contribution in [-0.2, 0) is 13.0 Å². The Morgan fingerprint density at radius 2 is 1.78 bits per heavy atom. The molecule has 0 fully saturated rings. The molecule has 3 aromatic carbocycles. The van der Waals surface area contributed by atoms with Gasteiger partial charge in [-0.25, -0.2) is 0 Å². The Morgan fingerprint density at radius 1 is 0.938 bits per heavy atom. The van der Waals surface area contributed by atoms with Crippen molar-refractivity contribution >= 4 is 5.69 Å². The molecule has 0 spiro atoms. The highest BCUT2D eigenvalue weighted by atomic mass is 16.7. The molecule has 0 amide bonds. The first kappa shape index (κ1) is 20.7. The van der Waals surface area contributed by atoms with E-state index in [1.807, 2.05) is 32.3 Å². The highest BCUT2D eigenvalue weighted by Crippen LogP contribution is 2.37. The van der Waals surface area contributed by atoms with Crippen molar-refractivity contribution in [2.24, 2.45) is 0 Å². The van der Waals surface area contributed by atoms with Gasteiger partial charge in [0.15, 0.2) is 11.5 Å². The Labute approximate surface area is 190 Å². The molecule has 2 heterocycles. The van der Waals surface area contributed by atoms with Crippen LogP contribution in [0.2, 0.25) is 0 Å². The summed E-state index contributed by atoms with van der Waals surface area (Å²) in [5, 5.41) is 0. The number of hydrogen-bond acceptors (Lipinski definition) is 5. The second-order valence-corrected chi connectivity index (χ2v) is 8.69. The first-order valence-corrected chi connectivity index (χ1v) is 11.3. The summed E-state index contributed by atoms with van der Waals surface area (Å²) in [5.74, 6) is 2.47. The molecule has 0 bridgehead atoms. The Bertz CT molecular complexity index is 1080. The fraction of sp³-hybridized carbons (Fsp3) is 0.333. The lowest BCUT2D eigenvalue weighted by molar-refractivity contribution is 0.157. The lowest BCUT2D eigenvalue weighted by Crippen LogP contribution is -2.32. The van der Waals surface area contributed by atoms with E-state index in [2.05, 4.69) is 58.3 Å². The maximum Gasteiger partial charge on any atom is 0.231 e. The van der Waals surface area contributed by atoms with E-state index in [1.54, 1.807) is 0 Å². The van der Waals surface area contributed by atoms with Crippen LogP contribution in [0.25, 0.3) is 0 Å². The predicted molar refractivity (Wildman–Crippen MR) is 127 cm³/mol. The van der Waals surface area contributed by atoms with Crippen molar-refractivity contribution in [1.82, 2.24) is 4.90 Å². The molecule has 1 unspecified atom stereocenters. The van der Waals surface area contributed by atoms with Gasteiger partial charge in [0.1, 0.15) is 11.9 Å². The molecule has 2 aliphatic rings. The molecule has 166 valence electrons. The fourth-order valence-electron chi connectivity index (χ4n) is 4.45. The van der Waals surface area contributed by atoms with Crippen LogP contribution in [0.1, 0.15) is 29.2 Å². The third kappa shape index (κ3) is 4.53. The summed E-state index contributed by atoms with van der Waals surface area (Å²) in [7, 11) is 4.09. The van der Waals surface area contributed by atoms with Crippen LogP contribution in [0, 0.1) is 0 Å². The van der Waals surface area contributed by atoms with Crippen LogP contribution >= 0.6 is 0 Å². The van der Waals surface area contributed by atoms with Gasteiger partial charge in [-0.3, -0.25) is 4.90 Å². The molecule has 5 rings (SSSR count). The zero-order chi connectivity index (χ0) is 21.9. The molecule has 2 aliphatic heterocycles. The number of hydrogen-bond donors (Lipinski definition) is 0. The Kier molecular flexibility index (Phi) is 5.91. The fourth-order valence-corrected chi connectivity index (χ4v) is 4.45. The summed E-state index contributed by atoms with van der Waals surface area (Å²) >= 11 is 0. The average molecular weight is 431 g/mol. The van der Waals surface area contributed by atoms with Crippen molar-refractivity contribution in [2.45, 2.75) is 25.5 Å². The van der Waals surface area contributed by atoms with Crippen molar-refractivity contribution in [2.75, 3.05) is 38.9 Å². The van der Waals surface area contributed by atoms with Crippen molar-refractivity contribution in [3.05, 3.63) is 83.4 Å². The Balaban J connectivity index is 1.34. The Morgan fingerprint density at radius 3 is 2.66 bits per heavy atom. The number of anilines is 1. The zero-order valence-corrected chi connectivity index (χ0v) is 18.8. The summed E-state index contributed by atoms with van der Waals surface area (Å²) in [4.78, 5) is 4.62. The van der Waals surface area contributed by atoms with Gasteiger partial charge in [-0.05, 0) is 47.4 Å². The van der Waals surface area contributed by atoms with Gasteiger partial charge in [0, 0.05) is 51.9 Å². The number of fused-ring (bicyclic) bond motifs is 2. The molecule has 0 aromatic heterocycles. The van der Waals surface area contributed by atoms with E-state index in [1.165, 1.54) is 11.1 Å². The minimum Gasteiger partial charge on any atom is -0.486 e. The van der Waals surface area contributed by atoms with E-state index < -0.39 is 0 Å². The highest BCUT2D eigenvalue weighted by molar-refractivity contribution is 5.50. The maximum absolute atomic E-state index is 6.56. The van der Waals surface area contributed by atoms with Crippen LogP contribution < -0.4 is 19.1 Å². The molecule has 0 aliphatic carbocycles. The average Bonchev–Trinajstić information content (AvgIpc) is 3.30. The SMILES string of the molecule is CN(C)c1cccc(OC(CCN2CCc3ccccc3C2)c2ccc3c(c2)OCO3)c1. The van der Waals surface area contributed by atoms with Gasteiger partial charge in [0.05, 0.1) is 0 Å². The van der Waals surface area contributed by atoms with Crippen molar-refractivity contribution in [1.29, 1.82) is 0 Å². The predicted octanol–water partition coefficient (Wildman–Crippen LogP) is 5.05. The van der Waals surface area contributed by atoms with Gasteiger partial charge in [-0.15, -0.1) is 0 Å². The second kappa shape index (κ2) is 9.13. The van der Waals surface area contributed by atoms with Gasteiger partial charge < -0.3 is 19.1 Å². The topological polar surface area (TPSA) is 34.2 Å². The van der Waals surface area contributed by atoms with Crippen LogP contribution in [0.3, 0.4) is 0 Å². The van der Waals surface area contributed by atoms with Gasteiger partial charge in [-0.1, -0.05) is 36.4 Å². The molecule has 32 heavy (non-hydrogen) atoms. The molecule has 3 aromatic rings. The van der Waals surface area contributed by atoms with Crippen LogP contribution in [0.15, 0.2) is 66.7 Å². The molecular formula is C27H30N2O3. The van der Waals surface area contributed by atoms with E-state index >= 15 is 0 Å². The van der Waals surface area contributed by atoms with Gasteiger partial charge in [0.25, 0.3) is 0 Å². The minimum absolute atomic E-state index is 0.0703. The van der Waals surface area contributed by atoms with Crippen molar-refractivity contribution in [3.8, 4) is 17.2 Å². The Hall–Kier alpha value is -3.18. The molecular weight excluding hydrogens is 400 g/mol. The number of nitrogens with zero attached hydrogens (tertiary/aromatic N) is 2. The van der Waals surface area contributed by atoms with E-state index in [0.29, 0.717) is 0 Å². The molecule has 1 atom stereocenters. The van der Waals surface area contributed by atoms with Crippen LogP contribution in [-0.4, -0.2) is 38.9 Å². The molecule has 5 nitrogen and oxygen atoms in total. The largest absolute Gasteiger partial charge is 0.486 e. The molecule has 0 N–H and O–H groups in total. The van der Waals surface area contributed by atoms with E-state index in [-0.39, 0.29) is 12.9 Å². The smallest absolute Gasteiger partial charge is 0.231 e. The number of ether oxygens (including phenoxy) is 3. The zero-order valence-electron chi connectivity index (χ0n) is 18.8. The minimum atomic E-state index is -0.0703. The molecule has 0 saturated heterocycles. The van der Waals surface area contributed by atoms with Gasteiger partial charge in [-0.2, -0.15) is 0 Å². The summed E-state index contributed by atoms with van der Waals surface area (Å²) in [6.07, 6.45) is 1.93. The summed E-state index contributed by atoms with van der Waals surface area (Å²) in [6, 6.07) is 23.2. The maximum atomic E-state index is 6.56. The lowest BCUT2D eigenvalue weighted by Gasteiger charge is -2.30. The summed E-state index contributed by atoms with van der Waals surface area (Å²) in [5.41, 5.74) is 5.16. The van der Waals surface area contributed by atoms with E-state index in [4.69, 9.17) is 14.2 Å². The monoisotopic (exact) mass is 430 g/mol. The quantitative estimate of drug-likeness (QED) is 0.524. The lowest BCUT2D eigenvalue weighted by atomic mass is 9.99. The van der Waals surface area contributed by atoms with Gasteiger partial charge in [0.2, 0.25) is 6.79 Å². The molecule has 5 heteroatoms. The summed E-state index contributed by atoms with van der Waals surface area (Å²) in [6.45, 7) is 3.34. The molecule has 0 radical (unpaired) electrons. The second-order valence-electron chi connectivity index (χ2n) is 8.69. The molecule has 0 saturated carbocycles. The van der Waals surface area contributed by atoms with Crippen LogP contribution in [0.5, 0.6) is 17.2 Å². The number of benzene rings is 3. The standard InChI is InChI=1S/C27H30N2O3/c1-28(2)23-8-5-9-24(17-23)32-25(21-10-11-26-27(16-21)31-19-30-26)13-15-29-14-12-20-6-3-4-7-22(20)18-29/h3-11,16-17,25H,12-15,18-19H2,1-2H3. The van der Waals surface area contributed by atoms with Crippen LogP contribution in [0.4, 0.5) is 5.69 Å². The summed E-state index contributed by atoms with van der Waals surface area (Å²) < 4.78 is 17.7. The number of rotatable bonds is 7. The first-order valence-electron chi connectivity index (χ1n) is 11.3. The highest BCUT2D eigenvalue weighted by Gasteiger charge is 2.22. The van der Waals surface area contributed by atoms with E-state index in [9.17, 15) is 0 Å². The van der Waals surface area contributed by atoms with Crippen molar-refractivity contribution < 1.29 is 14.2 Å². The third-order valence-corrected chi connectivity index (χ3v) is 6.30. The van der Waals surface area contributed by atoms with Gasteiger partial charge >= 0.3 is 0 Å². The first-order chi connectivity index (χ1) is 15.7. The third-order valence-electron chi connectivity index (χ3n) is 6.30.